The van der Waals surface area contributed by atoms with Crippen LogP contribution in [0.15, 0.2) is 54.6 Å². The summed E-state index contributed by atoms with van der Waals surface area (Å²) in [6.45, 7) is 7.69. The predicted octanol–water partition coefficient (Wildman–Crippen LogP) is 3.92. The first-order valence-corrected chi connectivity index (χ1v) is 5.35. The van der Waals surface area contributed by atoms with Gasteiger partial charge in [0.2, 0.25) is 0 Å². The molecule has 0 radical (unpaired) electrons. The summed E-state index contributed by atoms with van der Waals surface area (Å²) in [4.78, 5) is 10.7. The van der Waals surface area contributed by atoms with E-state index in [-0.39, 0.29) is 0 Å². The molecule has 0 aliphatic rings. The van der Waals surface area contributed by atoms with Crippen molar-refractivity contribution >= 4 is 11.5 Å². The van der Waals surface area contributed by atoms with Gasteiger partial charge in [0.05, 0.1) is 5.56 Å². The van der Waals surface area contributed by atoms with Crippen LogP contribution in [-0.2, 0) is 0 Å². The highest BCUT2D eigenvalue weighted by atomic mass is 16.4. The maximum atomic E-state index is 10.7. The third-order valence-electron chi connectivity index (χ3n) is 2.31. The van der Waals surface area contributed by atoms with Gasteiger partial charge in [-0.25, -0.2) is 4.79 Å². The second-order valence-electron chi connectivity index (χ2n) is 3.94. The standard InChI is InChI=1S/C15H16O2/c1-11(2)5-4-6-12(3)13-7-9-14(10-8-13)15(16)17/h4-10H,1H2,2-3H3,(H,16,17)/b5-4+,12-6+. The summed E-state index contributed by atoms with van der Waals surface area (Å²) in [6.07, 6.45) is 5.84. The number of rotatable bonds is 4. The van der Waals surface area contributed by atoms with Crippen LogP contribution in [0, 0.1) is 0 Å². The number of carboxylic acids is 1. The Morgan fingerprint density at radius 2 is 1.71 bits per heavy atom. The van der Waals surface area contributed by atoms with Gasteiger partial charge in [-0.15, -0.1) is 0 Å². The molecule has 1 rings (SSSR count). The van der Waals surface area contributed by atoms with Crippen molar-refractivity contribution in [3.63, 3.8) is 0 Å². The highest BCUT2D eigenvalue weighted by Gasteiger charge is 2.01. The molecule has 88 valence electrons. The molecule has 0 amide bonds. The fourth-order valence-corrected chi connectivity index (χ4v) is 1.33. The van der Waals surface area contributed by atoms with Crippen molar-refractivity contribution in [2.75, 3.05) is 0 Å². The van der Waals surface area contributed by atoms with E-state index in [1.807, 2.05) is 44.2 Å². The highest BCUT2D eigenvalue weighted by molar-refractivity contribution is 5.88. The van der Waals surface area contributed by atoms with Crippen LogP contribution in [0.2, 0.25) is 0 Å². The van der Waals surface area contributed by atoms with E-state index in [0.717, 1.165) is 16.7 Å². The van der Waals surface area contributed by atoms with Crippen LogP contribution < -0.4 is 0 Å². The molecule has 0 aliphatic carbocycles. The lowest BCUT2D eigenvalue weighted by atomic mass is 10.0. The van der Waals surface area contributed by atoms with E-state index in [1.54, 1.807) is 12.1 Å². The summed E-state index contributed by atoms with van der Waals surface area (Å²) in [7, 11) is 0. The first-order valence-electron chi connectivity index (χ1n) is 5.35. The molecule has 17 heavy (non-hydrogen) atoms. The van der Waals surface area contributed by atoms with Crippen molar-refractivity contribution in [2.45, 2.75) is 13.8 Å². The summed E-state index contributed by atoms with van der Waals surface area (Å²) in [5.41, 5.74) is 3.40. The smallest absolute Gasteiger partial charge is 0.335 e. The first kappa shape index (κ1) is 13.0. The van der Waals surface area contributed by atoms with Gasteiger partial charge in [0.15, 0.2) is 0 Å². The molecule has 0 fully saturated rings. The molecule has 0 saturated heterocycles. The second-order valence-corrected chi connectivity index (χ2v) is 3.94. The van der Waals surface area contributed by atoms with Gasteiger partial charge < -0.3 is 5.11 Å². The molecular formula is C15H16O2. The largest absolute Gasteiger partial charge is 0.478 e. The van der Waals surface area contributed by atoms with E-state index < -0.39 is 5.97 Å². The van der Waals surface area contributed by atoms with Crippen molar-refractivity contribution in [1.29, 1.82) is 0 Å². The number of hydrogen-bond acceptors (Lipinski definition) is 1. The molecule has 1 N–H and O–H groups in total. The van der Waals surface area contributed by atoms with Gasteiger partial charge in [-0.05, 0) is 37.1 Å². The summed E-state index contributed by atoms with van der Waals surface area (Å²) < 4.78 is 0. The van der Waals surface area contributed by atoms with Gasteiger partial charge in [0, 0.05) is 0 Å². The Kier molecular flexibility index (Phi) is 4.46. The van der Waals surface area contributed by atoms with Crippen molar-refractivity contribution in [1.82, 2.24) is 0 Å². The zero-order chi connectivity index (χ0) is 12.8. The minimum atomic E-state index is -0.902. The maximum absolute atomic E-state index is 10.7. The average molecular weight is 228 g/mol. The van der Waals surface area contributed by atoms with E-state index in [2.05, 4.69) is 6.58 Å². The fourth-order valence-electron chi connectivity index (χ4n) is 1.33. The number of benzene rings is 1. The Hall–Kier alpha value is -2.09. The quantitative estimate of drug-likeness (QED) is 0.793. The first-order chi connectivity index (χ1) is 8.00. The monoisotopic (exact) mass is 228 g/mol. The van der Waals surface area contributed by atoms with E-state index in [9.17, 15) is 4.79 Å². The zero-order valence-electron chi connectivity index (χ0n) is 10.1. The van der Waals surface area contributed by atoms with Gasteiger partial charge >= 0.3 is 5.97 Å². The van der Waals surface area contributed by atoms with Gasteiger partial charge in [0.25, 0.3) is 0 Å². The summed E-state index contributed by atoms with van der Waals surface area (Å²) in [5, 5.41) is 8.78. The Morgan fingerprint density at radius 3 is 2.18 bits per heavy atom. The van der Waals surface area contributed by atoms with Crippen LogP contribution in [-0.4, -0.2) is 11.1 Å². The van der Waals surface area contributed by atoms with Crippen LogP contribution >= 0.6 is 0 Å². The van der Waals surface area contributed by atoms with Crippen molar-refractivity contribution in [2.24, 2.45) is 0 Å². The lowest BCUT2D eigenvalue weighted by molar-refractivity contribution is 0.0697. The molecule has 1 aromatic carbocycles. The molecule has 0 spiro atoms. The van der Waals surface area contributed by atoms with E-state index in [0.29, 0.717) is 5.56 Å². The van der Waals surface area contributed by atoms with E-state index in [1.165, 1.54) is 0 Å². The zero-order valence-corrected chi connectivity index (χ0v) is 10.1. The predicted molar refractivity (Wildman–Crippen MR) is 71.0 cm³/mol. The molecule has 2 heteroatoms. The maximum Gasteiger partial charge on any atom is 0.335 e. The van der Waals surface area contributed by atoms with Crippen molar-refractivity contribution in [3.8, 4) is 0 Å². The van der Waals surface area contributed by atoms with Gasteiger partial charge in [0.1, 0.15) is 0 Å². The Morgan fingerprint density at radius 1 is 1.18 bits per heavy atom. The lowest BCUT2D eigenvalue weighted by Crippen LogP contribution is -1.95. The summed E-state index contributed by atoms with van der Waals surface area (Å²) >= 11 is 0. The van der Waals surface area contributed by atoms with Gasteiger partial charge in [-0.2, -0.15) is 0 Å². The molecule has 0 heterocycles. The molecular weight excluding hydrogens is 212 g/mol. The van der Waals surface area contributed by atoms with Crippen LogP contribution in [0.3, 0.4) is 0 Å². The molecule has 0 atom stereocenters. The number of carbonyl (C=O) groups is 1. The molecule has 2 nitrogen and oxygen atoms in total. The topological polar surface area (TPSA) is 37.3 Å². The number of carboxylic acid groups (broad SMARTS) is 1. The molecule has 0 aliphatic heterocycles. The third kappa shape index (κ3) is 4.11. The molecule has 0 bridgehead atoms. The van der Waals surface area contributed by atoms with Crippen LogP contribution in [0.1, 0.15) is 29.8 Å². The number of allylic oxidation sites excluding steroid dienone is 5. The minimum absolute atomic E-state index is 0.305. The number of hydrogen-bond donors (Lipinski definition) is 1. The lowest BCUT2D eigenvalue weighted by Gasteiger charge is -2.01. The molecule has 0 aromatic heterocycles. The van der Waals surface area contributed by atoms with Gasteiger partial charge in [-0.3, -0.25) is 0 Å². The fraction of sp³-hybridized carbons (Fsp3) is 0.133. The third-order valence-corrected chi connectivity index (χ3v) is 2.31. The molecule has 0 saturated carbocycles. The molecule has 1 aromatic rings. The number of aromatic carboxylic acids is 1. The van der Waals surface area contributed by atoms with Crippen molar-refractivity contribution in [3.05, 3.63) is 65.8 Å². The minimum Gasteiger partial charge on any atom is -0.478 e. The van der Waals surface area contributed by atoms with Gasteiger partial charge in [-0.1, -0.05) is 42.5 Å². The van der Waals surface area contributed by atoms with Crippen LogP contribution in [0.25, 0.3) is 5.57 Å². The van der Waals surface area contributed by atoms with E-state index >= 15 is 0 Å². The van der Waals surface area contributed by atoms with Crippen LogP contribution in [0.5, 0.6) is 0 Å². The SMILES string of the molecule is C=C(C)/C=C/C=C(\C)c1ccc(C(=O)O)cc1. The Balaban J connectivity index is 2.86. The second kappa shape index (κ2) is 5.85. The highest BCUT2D eigenvalue weighted by Crippen LogP contribution is 2.14. The van der Waals surface area contributed by atoms with Crippen molar-refractivity contribution < 1.29 is 9.90 Å². The normalized spacial score (nSPS) is 11.8. The van der Waals surface area contributed by atoms with E-state index in [4.69, 9.17) is 5.11 Å². The Labute approximate surface area is 102 Å². The van der Waals surface area contributed by atoms with Crippen LogP contribution in [0.4, 0.5) is 0 Å². The Bertz CT molecular complexity index is 476. The summed E-state index contributed by atoms with van der Waals surface area (Å²) in [5.74, 6) is -0.902. The average Bonchev–Trinajstić information content (AvgIpc) is 2.28. The molecule has 0 unspecified atom stereocenters. The summed E-state index contributed by atoms with van der Waals surface area (Å²) in [6, 6.07) is 6.84.